The van der Waals surface area contributed by atoms with Gasteiger partial charge in [-0.2, -0.15) is 4.98 Å². The molecule has 0 spiro atoms. The Hall–Kier alpha value is -2.21. The minimum absolute atomic E-state index is 0.279. The monoisotopic (exact) mass is 251 g/mol. The number of hydrogen-bond donors (Lipinski definition) is 2. The van der Waals surface area contributed by atoms with Crippen LogP contribution in [0.4, 0.5) is 14.6 Å². The maximum absolute atomic E-state index is 13.5. The smallest absolute Gasteiger partial charge is 0.258 e. The van der Waals surface area contributed by atoms with E-state index in [9.17, 15) is 8.78 Å². The molecule has 0 aliphatic heterocycles. The predicted octanol–water partition coefficient (Wildman–Crippen LogP) is 2.75. The van der Waals surface area contributed by atoms with Crippen LogP contribution in [0.2, 0.25) is 0 Å². The SMILES string of the molecule is Cc1cccc(Oc2nc(NN)c(F)cc2F)c1. The number of halogens is 2. The van der Waals surface area contributed by atoms with Crippen molar-refractivity contribution in [3.63, 3.8) is 0 Å². The fourth-order valence-corrected chi connectivity index (χ4v) is 1.41. The van der Waals surface area contributed by atoms with E-state index in [-0.39, 0.29) is 11.7 Å². The van der Waals surface area contributed by atoms with Crippen molar-refractivity contribution < 1.29 is 13.5 Å². The van der Waals surface area contributed by atoms with Crippen LogP contribution in [0.15, 0.2) is 30.3 Å². The number of anilines is 1. The van der Waals surface area contributed by atoms with E-state index in [2.05, 4.69) is 4.98 Å². The van der Waals surface area contributed by atoms with Crippen LogP contribution in [-0.4, -0.2) is 4.98 Å². The van der Waals surface area contributed by atoms with Gasteiger partial charge in [0.25, 0.3) is 5.88 Å². The molecule has 94 valence electrons. The molecule has 0 bridgehead atoms. The molecule has 4 nitrogen and oxygen atoms in total. The Kier molecular flexibility index (Phi) is 3.38. The van der Waals surface area contributed by atoms with Gasteiger partial charge in [0.15, 0.2) is 17.5 Å². The molecular weight excluding hydrogens is 240 g/mol. The van der Waals surface area contributed by atoms with Gasteiger partial charge in [0.05, 0.1) is 0 Å². The zero-order chi connectivity index (χ0) is 13.1. The van der Waals surface area contributed by atoms with Crippen LogP contribution in [0.3, 0.4) is 0 Å². The molecule has 2 rings (SSSR count). The van der Waals surface area contributed by atoms with Crippen molar-refractivity contribution >= 4 is 5.82 Å². The maximum Gasteiger partial charge on any atom is 0.258 e. The third-order valence-corrected chi connectivity index (χ3v) is 2.24. The molecule has 0 aliphatic carbocycles. The van der Waals surface area contributed by atoms with Crippen molar-refractivity contribution in [1.82, 2.24) is 4.98 Å². The quantitative estimate of drug-likeness (QED) is 0.650. The van der Waals surface area contributed by atoms with Gasteiger partial charge in [-0.05, 0) is 24.6 Å². The second-order valence-electron chi connectivity index (χ2n) is 3.67. The van der Waals surface area contributed by atoms with Gasteiger partial charge in [-0.15, -0.1) is 0 Å². The lowest BCUT2D eigenvalue weighted by molar-refractivity contribution is 0.418. The topological polar surface area (TPSA) is 60.2 Å². The molecule has 0 saturated heterocycles. The number of nitrogen functional groups attached to an aromatic ring is 1. The second-order valence-corrected chi connectivity index (χ2v) is 3.67. The molecule has 0 saturated carbocycles. The zero-order valence-electron chi connectivity index (χ0n) is 9.58. The van der Waals surface area contributed by atoms with E-state index in [1.54, 1.807) is 18.2 Å². The molecule has 1 aromatic carbocycles. The number of rotatable bonds is 3. The van der Waals surface area contributed by atoms with Gasteiger partial charge in [0.1, 0.15) is 5.75 Å². The van der Waals surface area contributed by atoms with E-state index >= 15 is 0 Å². The van der Waals surface area contributed by atoms with Crippen LogP contribution < -0.4 is 16.0 Å². The van der Waals surface area contributed by atoms with Gasteiger partial charge in [-0.25, -0.2) is 14.6 Å². The summed E-state index contributed by atoms with van der Waals surface area (Å²) < 4.78 is 31.8. The van der Waals surface area contributed by atoms with Crippen molar-refractivity contribution in [1.29, 1.82) is 0 Å². The van der Waals surface area contributed by atoms with Crippen LogP contribution in [0.1, 0.15) is 5.56 Å². The first-order chi connectivity index (χ1) is 8.60. The number of aromatic nitrogens is 1. The molecule has 0 radical (unpaired) electrons. The van der Waals surface area contributed by atoms with E-state index in [0.29, 0.717) is 11.8 Å². The Labute approximate surface area is 102 Å². The molecule has 0 amide bonds. The van der Waals surface area contributed by atoms with Gasteiger partial charge in [0, 0.05) is 6.07 Å². The molecule has 18 heavy (non-hydrogen) atoms. The zero-order valence-corrected chi connectivity index (χ0v) is 9.58. The lowest BCUT2D eigenvalue weighted by Gasteiger charge is -2.08. The summed E-state index contributed by atoms with van der Waals surface area (Å²) >= 11 is 0. The summed E-state index contributed by atoms with van der Waals surface area (Å²) in [4.78, 5) is 3.61. The van der Waals surface area contributed by atoms with Gasteiger partial charge in [0.2, 0.25) is 0 Å². The Morgan fingerprint density at radius 1 is 1.22 bits per heavy atom. The van der Waals surface area contributed by atoms with Crippen LogP contribution in [0, 0.1) is 18.6 Å². The van der Waals surface area contributed by atoms with Gasteiger partial charge in [-0.1, -0.05) is 12.1 Å². The summed E-state index contributed by atoms with van der Waals surface area (Å²) in [5, 5.41) is 0. The van der Waals surface area contributed by atoms with Crippen molar-refractivity contribution in [3.05, 3.63) is 47.5 Å². The van der Waals surface area contributed by atoms with Crippen molar-refractivity contribution in [2.75, 3.05) is 5.43 Å². The van der Waals surface area contributed by atoms with Crippen LogP contribution >= 0.6 is 0 Å². The third kappa shape index (κ3) is 2.54. The highest BCUT2D eigenvalue weighted by molar-refractivity contribution is 5.40. The third-order valence-electron chi connectivity index (χ3n) is 2.24. The van der Waals surface area contributed by atoms with Crippen LogP contribution in [0.5, 0.6) is 11.6 Å². The van der Waals surface area contributed by atoms with E-state index in [0.717, 1.165) is 5.56 Å². The standard InChI is InChI=1S/C12H11F2N3O/c1-7-3-2-4-8(5-7)18-12-10(14)6-9(13)11(16-12)17-15/h2-6H,15H2,1H3,(H,16,17). The lowest BCUT2D eigenvalue weighted by atomic mass is 10.2. The molecule has 1 aromatic heterocycles. The number of nitrogens with two attached hydrogens (primary N) is 1. The lowest BCUT2D eigenvalue weighted by Crippen LogP contribution is -2.11. The second kappa shape index (κ2) is 4.97. The van der Waals surface area contributed by atoms with Gasteiger partial charge in [-0.3, -0.25) is 0 Å². The molecule has 0 aliphatic rings. The molecule has 0 unspecified atom stereocenters. The first kappa shape index (κ1) is 12.3. The van der Waals surface area contributed by atoms with Gasteiger partial charge >= 0.3 is 0 Å². The minimum atomic E-state index is -0.895. The number of pyridine rings is 1. The van der Waals surface area contributed by atoms with E-state index < -0.39 is 11.6 Å². The van der Waals surface area contributed by atoms with Crippen molar-refractivity contribution in [3.8, 4) is 11.6 Å². The summed E-state index contributed by atoms with van der Waals surface area (Å²) in [7, 11) is 0. The Bertz CT molecular complexity index is 575. The number of hydrogen-bond acceptors (Lipinski definition) is 4. The molecule has 2 aromatic rings. The maximum atomic E-state index is 13.5. The summed E-state index contributed by atoms with van der Waals surface area (Å²) in [6.07, 6.45) is 0. The van der Waals surface area contributed by atoms with Crippen molar-refractivity contribution in [2.45, 2.75) is 6.92 Å². The van der Waals surface area contributed by atoms with E-state index in [1.165, 1.54) is 0 Å². The number of hydrazine groups is 1. The molecule has 1 heterocycles. The number of ether oxygens (including phenoxy) is 1. The normalized spacial score (nSPS) is 10.2. The Morgan fingerprint density at radius 3 is 2.67 bits per heavy atom. The van der Waals surface area contributed by atoms with Crippen LogP contribution in [-0.2, 0) is 0 Å². The van der Waals surface area contributed by atoms with E-state index in [4.69, 9.17) is 10.6 Å². The summed E-state index contributed by atoms with van der Waals surface area (Å²) in [5.41, 5.74) is 2.98. The highest BCUT2D eigenvalue weighted by Gasteiger charge is 2.13. The highest BCUT2D eigenvalue weighted by Crippen LogP contribution is 2.25. The number of aryl methyl sites for hydroxylation is 1. The average molecular weight is 251 g/mol. The summed E-state index contributed by atoms with van der Waals surface area (Å²) in [5.74, 6) is 3.07. The molecule has 6 heteroatoms. The number of nitrogens with zero attached hydrogens (tertiary/aromatic N) is 1. The largest absolute Gasteiger partial charge is 0.436 e. The summed E-state index contributed by atoms with van der Waals surface area (Å²) in [6, 6.07) is 7.64. The Balaban J connectivity index is 2.34. The van der Waals surface area contributed by atoms with Gasteiger partial charge < -0.3 is 10.2 Å². The van der Waals surface area contributed by atoms with Crippen molar-refractivity contribution in [2.24, 2.45) is 5.84 Å². The van der Waals surface area contributed by atoms with Crippen LogP contribution in [0.25, 0.3) is 0 Å². The number of benzene rings is 1. The fourth-order valence-electron chi connectivity index (χ4n) is 1.41. The Morgan fingerprint density at radius 2 is 2.00 bits per heavy atom. The predicted molar refractivity (Wildman–Crippen MR) is 63.2 cm³/mol. The summed E-state index contributed by atoms with van der Waals surface area (Å²) in [6.45, 7) is 1.87. The molecule has 0 fully saturated rings. The minimum Gasteiger partial charge on any atom is -0.436 e. The highest BCUT2D eigenvalue weighted by atomic mass is 19.1. The number of nitrogens with one attached hydrogen (secondary N) is 1. The van der Waals surface area contributed by atoms with E-state index in [1.807, 2.05) is 18.4 Å². The molecular formula is C12H11F2N3O. The average Bonchev–Trinajstić information content (AvgIpc) is 2.33. The first-order valence-corrected chi connectivity index (χ1v) is 5.17. The first-order valence-electron chi connectivity index (χ1n) is 5.17. The fraction of sp³-hybridized carbons (Fsp3) is 0.0833. The molecule has 0 atom stereocenters. The molecule has 3 N–H and O–H groups in total.